The van der Waals surface area contributed by atoms with Gasteiger partial charge >= 0.3 is 6.18 Å². The molecule has 2 aromatic rings. The Hall–Kier alpha value is -2.30. The molecule has 1 aromatic carbocycles. The fraction of sp³-hybridized carbons (Fsp3) is 0.630. The molecule has 1 aromatic heterocycles. The van der Waals surface area contributed by atoms with E-state index in [1.54, 1.807) is 6.07 Å². The monoisotopic (exact) mass is 551 g/mol. The van der Waals surface area contributed by atoms with E-state index in [1.165, 1.54) is 20.0 Å². The summed E-state index contributed by atoms with van der Waals surface area (Å²) in [5, 5.41) is 16.8. The van der Waals surface area contributed by atoms with Crippen molar-refractivity contribution in [2.75, 3.05) is 30.8 Å². The average Bonchev–Trinajstić information content (AvgIpc) is 2.84. The van der Waals surface area contributed by atoms with Gasteiger partial charge in [-0.3, -0.25) is 4.90 Å². The average molecular weight is 552 g/mol. The van der Waals surface area contributed by atoms with Crippen LogP contribution in [0.25, 0.3) is 0 Å². The van der Waals surface area contributed by atoms with E-state index in [2.05, 4.69) is 25.5 Å². The maximum absolute atomic E-state index is 12.9. The lowest BCUT2D eigenvalue weighted by Gasteiger charge is -2.61. The number of piperidine rings is 1. The normalized spacial score (nSPS) is 31.4. The zero-order chi connectivity index (χ0) is 26.7. The van der Waals surface area contributed by atoms with Crippen molar-refractivity contribution < 1.29 is 23.0 Å². The fourth-order valence-corrected chi connectivity index (χ4v) is 7.98. The maximum Gasteiger partial charge on any atom is 0.420 e. The first-order valence-corrected chi connectivity index (χ1v) is 13.8. The molecule has 2 unspecified atom stereocenters. The summed E-state index contributed by atoms with van der Waals surface area (Å²) < 4.78 is 44.3. The molecule has 4 bridgehead atoms. The number of aromatic nitrogens is 2. The van der Waals surface area contributed by atoms with Gasteiger partial charge in [0.15, 0.2) is 0 Å². The molecule has 0 spiro atoms. The van der Waals surface area contributed by atoms with Gasteiger partial charge in [0.1, 0.15) is 16.5 Å². The van der Waals surface area contributed by atoms with Gasteiger partial charge in [-0.05, 0) is 74.8 Å². The largest absolute Gasteiger partial charge is 0.494 e. The Morgan fingerprint density at radius 3 is 2.45 bits per heavy atom. The van der Waals surface area contributed by atoms with Gasteiger partial charge in [-0.15, -0.1) is 0 Å². The highest BCUT2D eigenvalue weighted by molar-refractivity contribution is 6.30. The van der Waals surface area contributed by atoms with E-state index in [9.17, 15) is 18.3 Å². The molecule has 1 saturated heterocycles. The number of hydrogen-bond donors (Lipinski definition) is 3. The van der Waals surface area contributed by atoms with Gasteiger partial charge in [-0.25, -0.2) is 9.97 Å². The van der Waals surface area contributed by atoms with E-state index in [0.717, 1.165) is 56.8 Å². The zero-order valence-corrected chi connectivity index (χ0v) is 22.0. The second-order valence-electron chi connectivity index (χ2n) is 11.6. The highest BCUT2D eigenvalue weighted by atomic mass is 35.5. The summed E-state index contributed by atoms with van der Waals surface area (Å²) in [6, 6.07) is 6.51. The molecular formula is C27H33ClF3N5O2. The van der Waals surface area contributed by atoms with Crippen molar-refractivity contribution >= 4 is 28.9 Å². The number of ether oxygens (including phenoxy) is 1. The molecule has 4 aliphatic carbocycles. The summed E-state index contributed by atoms with van der Waals surface area (Å²) in [7, 11) is 1.53. The number of hydrogen-bond acceptors (Lipinski definition) is 7. The Morgan fingerprint density at radius 2 is 1.84 bits per heavy atom. The van der Waals surface area contributed by atoms with Crippen LogP contribution in [0.5, 0.6) is 5.75 Å². The van der Waals surface area contributed by atoms with Crippen molar-refractivity contribution in [1.82, 2.24) is 14.9 Å². The topological polar surface area (TPSA) is 82.5 Å². The standard InChI is InChI=1S/C27H33ClF3N5O2/c1-38-22-10-19(2-3-21(22)34-25-32-14-20(24(28)35-25)27(29,30)31)33-18-4-6-36(7-5-18)23-16-8-15-9-17(23)13-26(37,11-15)12-16/h2-3,10,14-18,23,33,37H,4-9,11-13H2,1H3,(H,32,34,35)/t15?,16?,17?,23-,26-. The van der Waals surface area contributed by atoms with Crippen LogP contribution in [0.3, 0.4) is 0 Å². The predicted molar refractivity (Wildman–Crippen MR) is 139 cm³/mol. The van der Waals surface area contributed by atoms with E-state index in [-0.39, 0.29) is 5.95 Å². The third-order valence-corrected chi connectivity index (χ3v) is 9.30. The molecule has 206 valence electrons. The number of anilines is 3. The summed E-state index contributed by atoms with van der Waals surface area (Å²) in [5.41, 5.74) is -0.0399. The smallest absolute Gasteiger partial charge is 0.420 e. The van der Waals surface area contributed by atoms with E-state index < -0.39 is 22.5 Å². The van der Waals surface area contributed by atoms with Gasteiger partial charge in [0.2, 0.25) is 5.95 Å². The minimum atomic E-state index is -4.62. The van der Waals surface area contributed by atoms with Crippen LogP contribution in [-0.4, -0.2) is 57.9 Å². The van der Waals surface area contributed by atoms with E-state index >= 15 is 0 Å². The first kappa shape index (κ1) is 26.0. The molecule has 7 rings (SSSR count). The molecule has 5 fully saturated rings. The first-order chi connectivity index (χ1) is 18.1. The van der Waals surface area contributed by atoms with Gasteiger partial charge in [0, 0.05) is 43.1 Å². The van der Waals surface area contributed by atoms with Crippen LogP contribution in [0, 0.1) is 17.8 Å². The summed E-state index contributed by atoms with van der Waals surface area (Å²) >= 11 is 5.72. The van der Waals surface area contributed by atoms with Crippen molar-refractivity contribution in [2.24, 2.45) is 17.8 Å². The van der Waals surface area contributed by atoms with Crippen LogP contribution in [0.4, 0.5) is 30.5 Å². The zero-order valence-electron chi connectivity index (χ0n) is 21.3. The van der Waals surface area contributed by atoms with Crippen LogP contribution >= 0.6 is 11.6 Å². The van der Waals surface area contributed by atoms with Crippen LogP contribution < -0.4 is 15.4 Å². The molecule has 3 N–H and O–H groups in total. The minimum Gasteiger partial charge on any atom is -0.494 e. The van der Waals surface area contributed by atoms with Crippen molar-refractivity contribution in [3.8, 4) is 5.75 Å². The molecule has 7 nitrogen and oxygen atoms in total. The molecule has 0 radical (unpaired) electrons. The van der Waals surface area contributed by atoms with Crippen LogP contribution in [-0.2, 0) is 6.18 Å². The number of aliphatic hydroxyl groups is 1. The summed E-state index contributed by atoms with van der Waals surface area (Å²) in [4.78, 5) is 10.2. The second kappa shape index (κ2) is 9.71. The van der Waals surface area contributed by atoms with Crippen molar-refractivity contribution in [3.63, 3.8) is 0 Å². The van der Waals surface area contributed by atoms with E-state index in [4.69, 9.17) is 16.3 Å². The lowest BCUT2D eigenvalue weighted by Crippen LogP contribution is -2.62. The number of rotatable bonds is 6. The Morgan fingerprint density at radius 1 is 1.13 bits per heavy atom. The summed E-state index contributed by atoms with van der Waals surface area (Å²) in [6.45, 7) is 2.11. The first-order valence-electron chi connectivity index (χ1n) is 13.4. The van der Waals surface area contributed by atoms with Crippen LogP contribution in [0.2, 0.25) is 5.15 Å². The number of benzene rings is 1. The number of likely N-dealkylation sites (tertiary alicyclic amines) is 1. The number of nitrogens with one attached hydrogen (secondary N) is 2. The molecule has 2 heterocycles. The summed E-state index contributed by atoms with van der Waals surface area (Å²) in [5.74, 6) is 2.47. The number of methoxy groups -OCH3 is 1. The van der Waals surface area contributed by atoms with Gasteiger partial charge in [0.05, 0.1) is 18.4 Å². The lowest BCUT2D eigenvalue weighted by atomic mass is 9.52. The maximum atomic E-state index is 12.9. The van der Waals surface area contributed by atoms with Gasteiger partial charge < -0.3 is 20.5 Å². The van der Waals surface area contributed by atoms with Crippen LogP contribution in [0.1, 0.15) is 50.5 Å². The van der Waals surface area contributed by atoms with Crippen molar-refractivity contribution in [3.05, 3.63) is 35.1 Å². The Kier molecular flexibility index (Phi) is 6.63. The van der Waals surface area contributed by atoms with E-state index in [0.29, 0.717) is 41.6 Å². The quantitative estimate of drug-likeness (QED) is 0.396. The number of nitrogens with zero attached hydrogens (tertiary/aromatic N) is 3. The third kappa shape index (κ3) is 5.02. The van der Waals surface area contributed by atoms with Crippen molar-refractivity contribution in [2.45, 2.75) is 68.8 Å². The molecule has 5 aliphatic rings. The molecule has 0 amide bonds. The Balaban J connectivity index is 1.06. The van der Waals surface area contributed by atoms with Gasteiger partial charge in [0.25, 0.3) is 0 Å². The molecule has 1 aliphatic heterocycles. The second-order valence-corrected chi connectivity index (χ2v) is 11.9. The van der Waals surface area contributed by atoms with Crippen LogP contribution in [0.15, 0.2) is 24.4 Å². The highest BCUT2D eigenvalue weighted by Crippen LogP contribution is 2.57. The lowest BCUT2D eigenvalue weighted by molar-refractivity contribution is -0.161. The molecule has 38 heavy (non-hydrogen) atoms. The third-order valence-electron chi connectivity index (χ3n) is 9.01. The highest BCUT2D eigenvalue weighted by Gasteiger charge is 2.56. The molecule has 2 atom stereocenters. The summed E-state index contributed by atoms with van der Waals surface area (Å²) in [6.07, 6.45) is 3.68. The predicted octanol–water partition coefficient (Wildman–Crippen LogP) is 5.72. The molecule has 4 saturated carbocycles. The SMILES string of the molecule is COc1cc(NC2CCN([C@H]3C4CC5CC3C[C@](O)(C5)C4)CC2)ccc1Nc1ncc(C(F)(F)F)c(Cl)n1. The Bertz CT molecular complexity index is 1170. The van der Waals surface area contributed by atoms with Gasteiger partial charge in [-0.1, -0.05) is 11.6 Å². The Labute approximate surface area is 225 Å². The molecule has 11 heteroatoms. The molecular weight excluding hydrogens is 519 g/mol. The van der Waals surface area contributed by atoms with Gasteiger partial charge in [-0.2, -0.15) is 13.2 Å². The van der Waals surface area contributed by atoms with Crippen molar-refractivity contribution in [1.29, 1.82) is 0 Å². The minimum absolute atomic E-state index is 0.0497. The fourth-order valence-electron chi connectivity index (χ4n) is 7.74. The number of halogens is 4. The number of alkyl halides is 3. The van der Waals surface area contributed by atoms with E-state index in [1.807, 2.05) is 12.1 Å².